The molecule has 0 aliphatic rings. The summed E-state index contributed by atoms with van der Waals surface area (Å²) in [5, 5.41) is 0. The molecule has 1 aromatic carbocycles. The van der Waals surface area contributed by atoms with Gasteiger partial charge in [-0.2, -0.15) is 0 Å². The molecule has 76 valence electrons. The van der Waals surface area contributed by atoms with E-state index in [1.807, 2.05) is 25.3 Å². The van der Waals surface area contributed by atoms with E-state index in [1.165, 1.54) is 4.70 Å². The molecule has 3 rings (SSSR count). The molecule has 0 aliphatic carbocycles. The molecule has 0 spiro atoms. The normalized spacial score (nSPS) is 11.3. The predicted octanol–water partition coefficient (Wildman–Crippen LogP) is 2.87. The number of imidazole rings is 1. The van der Waals surface area contributed by atoms with Gasteiger partial charge in [0.1, 0.15) is 5.75 Å². The number of ether oxygens (including phenoxy) is 1. The second-order valence-corrected chi connectivity index (χ2v) is 4.48. The Hall–Kier alpha value is -1.55. The molecular formula is C11H10N2OS. The smallest absolute Gasteiger partial charge is 0.194 e. The fraction of sp³-hybridized carbons (Fsp3) is 0.182. The van der Waals surface area contributed by atoms with Gasteiger partial charge in [0.2, 0.25) is 0 Å². The van der Waals surface area contributed by atoms with Gasteiger partial charge in [0.25, 0.3) is 0 Å². The standard InChI is InChI=1S/C11H10N2OS/c1-7-6-13-9-5-8(14-2)3-4-10(9)15-11(13)12-7/h3-6H,1-2H3. The summed E-state index contributed by atoms with van der Waals surface area (Å²) in [5.41, 5.74) is 2.21. The van der Waals surface area contributed by atoms with Crippen LogP contribution in [0.1, 0.15) is 5.69 Å². The summed E-state index contributed by atoms with van der Waals surface area (Å²) in [6.45, 7) is 2.01. The van der Waals surface area contributed by atoms with Gasteiger partial charge < -0.3 is 4.74 Å². The molecule has 0 bridgehead atoms. The number of aromatic nitrogens is 2. The van der Waals surface area contributed by atoms with Crippen molar-refractivity contribution in [3.63, 3.8) is 0 Å². The molecular weight excluding hydrogens is 208 g/mol. The Labute approximate surface area is 90.9 Å². The first-order valence-corrected chi connectivity index (χ1v) is 5.52. The van der Waals surface area contributed by atoms with Crippen LogP contribution in [0.25, 0.3) is 15.2 Å². The Morgan fingerprint density at radius 3 is 3.07 bits per heavy atom. The van der Waals surface area contributed by atoms with Gasteiger partial charge in [0, 0.05) is 12.3 Å². The lowest BCUT2D eigenvalue weighted by molar-refractivity contribution is 0.415. The van der Waals surface area contributed by atoms with Crippen LogP contribution >= 0.6 is 11.3 Å². The van der Waals surface area contributed by atoms with Crippen molar-refractivity contribution >= 4 is 26.5 Å². The van der Waals surface area contributed by atoms with Crippen molar-refractivity contribution in [3.8, 4) is 5.75 Å². The third-order valence-electron chi connectivity index (χ3n) is 2.42. The zero-order valence-corrected chi connectivity index (χ0v) is 9.34. The maximum atomic E-state index is 5.22. The zero-order valence-electron chi connectivity index (χ0n) is 8.52. The second kappa shape index (κ2) is 2.97. The van der Waals surface area contributed by atoms with E-state index in [1.54, 1.807) is 18.4 Å². The molecule has 0 saturated carbocycles. The number of methoxy groups -OCH3 is 1. The quantitative estimate of drug-likeness (QED) is 0.628. The van der Waals surface area contributed by atoms with Crippen molar-refractivity contribution in [1.29, 1.82) is 0 Å². The molecule has 0 unspecified atom stereocenters. The summed E-state index contributed by atoms with van der Waals surface area (Å²) < 4.78 is 8.56. The van der Waals surface area contributed by atoms with Crippen molar-refractivity contribution in [2.75, 3.05) is 7.11 Å². The van der Waals surface area contributed by atoms with Crippen LogP contribution in [0.3, 0.4) is 0 Å². The minimum Gasteiger partial charge on any atom is -0.497 e. The highest BCUT2D eigenvalue weighted by Crippen LogP contribution is 2.29. The summed E-state index contributed by atoms with van der Waals surface area (Å²) in [7, 11) is 1.68. The maximum Gasteiger partial charge on any atom is 0.194 e. The third kappa shape index (κ3) is 1.22. The summed E-state index contributed by atoms with van der Waals surface area (Å²) in [5.74, 6) is 0.883. The highest BCUT2D eigenvalue weighted by molar-refractivity contribution is 7.23. The summed E-state index contributed by atoms with van der Waals surface area (Å²) in [6, 6.07) is 6.09. The molecule has 15 heavy (non-hydrogen) atoms. The number of aryl methyl sites for hydroxylation is 1. The minimum absolute atomic E-state index is 0.883. The van der Waals surface area contributed by atoms with E-state index in [0.29, 0.717) is 0 Å². The molecule has 0 atom stereocenters. The van der Waals surface area contributed by atoms with Gasteiger partial charge in [-0.1, -0.05) is 11.3 Å². The monoisotopic (exact) mass is 218 g/mol. The Bertz CT molecular complexity index is 638. The summed E-state index contributed by atoms with van der Waals surface area (Å²) >= 11 is 1.70. The first-order chi connectivity index (χ1) is 7.28. The Morgan fingerprint density at radius 1 is 1.40 bits per heavy atom. The number of thiazole rings is 1. The highest BCUT2D eigenvalue weighted by atomic mass is 32.1. The number of nitrogens with zero attached hydrogens (tertiary/aromatic N) is 2. The first-order valence-electron chi connectivity index (χ1n) is 4.70. The zero-order chi connectivity index (χ0) is 10.4. The van der Waals surface area contributed by atoms with Crippen LogP contribution in [0.15, 0.2) is 24.4 Å². The van der Waals surface area contributed by atoms with Gasteiger partial charge in [-0.05, 0) is 19.1 Å². The third-order valence-corrected chi connectivity index (χ3v) is 3.46. The van der Waals surface area contributed by atoms with Crippen LogP contribution in [-0.4, -0.2) is 16.5 Å². The largest absolute Gasteiger partial charge is 0.497 e. The molecule has 4 heteroatoms. The SMILES string of the molecule is COc1ccc2sc3nc(C)cn3c2c1. The Balaban J connectivity index is 2.43. The van der Waals surface area contributed by atoms with E-state index in [-0.39, 0.29) is 0 Å². The minimum atomic E-state index is 0.883. The summed E-state index contributed by atoms with van der Waals surface area (Å²) in [6.07, 6.45) is 2.05. The fourth-order valence-electron chi connectivity index (χ4n) is 1.72. The molecule has 3 aromatic rings. The molecule has 0 fully saturated rings. The van der Waals surface area contributed by atoms with Crippen LogP contribution in [0.2, 0.25) is 0 Å². The van der Waals surface area contributed by atoms with Crippen molar-refractivity contribution in [3.05, 3.63) is 30.1 Å². The number of benzene rings is 1. The van der Waals surface area contributed by atoms with Crippen LogP contribution in [0.5, 0.6) is 5.75 Å². The van der Waals surface area contributed by atoms with Gasteiger partial charge in [-0.3, -0.25) is 4.40 Å². The maximum absolute atomic E-state index is 5.22. The van der Waals surface area contributed by atoms with Gasteiger partial charge >= 0.3 is 0 Å². The number of fused-ring (bicyclic) bond motifs is 3. The predicted molar refractivity (Wildman–Crippen MR) is 61.9 cm³/mol. The fourth-order valence-corrected chi connectivity index (χ4v) is 2.75. The second-order valence-electron chi connectivity index (χ2n) is 3.47. The van der Waals surface area contributed by atoms with Crippen molar-refractivity contribution in [2.45, 2.75) is 6.92 Å². The van der Waals surface area contributed by atoms with Crippen molar-refractivity contribution in [1.82, 2.24) is 9.38 Å². The van der Waals surface area contributed by atoms with Crippen molar-refractivity contribution in [2.24, 2.45) is 0 Å². The Kier molecular flexibility index (Phi) is 1.73. The van der Waals surface area contributed by atoms with Gasteiger partial charge in [0.05, 0.1) is 23.0 Å². The number of rotatable bonds is 1. The number of hydrogen-bond donors (Lipinski definition) is 0. The van der Waals surface area contributed by atoms with Crippen LogP contribution in [-0.2, 0) is 0 Å². The van der Waals surface area contributed by atoms with Crippen LogP contribution in [0.4, 0.5) is 0 Å². The molecule has 2 aromatic heterocycles. The molecule has 0 saturated heterocycles. The van der Waals surface area contributed by atoms with Crippen LogP contribution in [0, 0.1) is 6.92 Å². The van der Waals surface area contributed by atoms with E-state index in [4.69, 9.17) is 4.74 Å². The molecule has 0 N–H and O–H groups in total. The molecule has 0 amide bonds. The van der Waals surface area contributed by atoms with E-state index in [9.17, 15) is 0 Å². The van der Waals surface area contributed by atoms with E-state index in [2.05, 4.69) is 15.5 Å². The lowest BCUT2D eigenvalue weighted by atomic mass is 10.3. The lowest BCUT2D eigenvalue weighted by Crippen LogP contribution is -1.83. The molecule has 3 nitrogen and oxygen atoms in total. The van der Waals surface area contributed by atoms with Gasteiger partial charge in [0.15, 0.2) is 4.96 Å². The summed E-state index contributed by atoms with van der Waals surface area (Å²) in [4.78, 5) is 5.48. The van der Waals surface area contributed by atoms with Crippen LogP contribution < -0.4 is 4.74 Å². The highest BCUT2D eigenvalue weighted by Gasteiger charge is 2.07. The van der Waals surface area contributed by atoms with E-state index < -0.39 is 0 Å². The average molecular weight is 218 g/mol. The lowest BCUT2D eigenvalue weighted by Gasteiger charge is -1.98. The van der Waals surface area contributed by atoms with Crippen molar-refractivity contribution < 1.29 is 4.74 Å². The van der Waals surface area contributed by atoms with E-state index >= 15 is 0 Å². The topological polar surface area (TPSA) is 26.5 Å². The molecule has 2 heterocycles. The average Bonchev–Trinajstić information content (AvgIpc) is 2.73. The molecule has 0 radical (unpaired) electrons. The van der Waals surface area contributed by atoms with E-state index in [0.717, 1.165) is 21.9 Å². The Morgan fingerprint density at radius 2 is 2.27 bits per heavy atom. The van der Waals surface area contributed by atoms with Gasteiger partial charge in [-0.15, -0.1) is 0 Å². The van der Waals surface area contributed by atoms with Gasteiger partial charge in [-0.25, -0.2) is 4.98 Å². The first kappa shape index (κ1) is 8.73. The molecule has 0 aliphatic heterocycles. The number of hydrogen-bond acceptors (Lipinski definition) is 3.